The second-order valence-corrected chi connectivity index (χ2v) is 6.59. The first kappa shape index (κ1) is 17.3. The number of hydrogen-bond acceptors (Lipinski definition) is 5. The molecule has 1 heterocycles. The smallest absolute Gasteiger partial charge is 0.114 e. The van der Waals surface area contributed by atoms with Crippen LogP contribution in [0.1, 0.15) is 22.4 Å². The zero-order valence-corrected chi connectivity index (χ0v) is 14.4. The molecular weight excluding hydrogens is 306 g/mol. The van der Waals surface area contributed by atoms with E-state index in [9.17, 15) is 10.4 Å². The van der Waals surface area contributed by atoms with E-state index in [0.29, 0.717) is 22.9 Å². The molecule has 23 heavy (non-hydrogen) atoms. The molecule has 0 fully saturated rings. The summed E-state index contributed by atoms with van der Waals surface area (Å²) in [5.74, 6) is 0.490. The number of nitrogens with one attached hydrogen (secondary N) is 1. The van der Waals surface area contributed by atoms with Gasteiger partial charge < -0.3 is 10.4 Å². The number of aliphatic hydroxyl groups excluding tert-OH is 1. The van der Waals surface area contributed by atoms with Gasteiger partial charge in [0, 0.05) is 23.7 Å². The number of aromatic nitrogens is 1. The van der Waals surface area contributed by atoms with Crippen LogP contribution < -0.4 is 5.32 Å². The minimum Gasteiger partial charge on any atom is -0.390 e. The fourth-order valence-electron chi connectivity index (χ4n) is 2.18. The molecule has 120 valence electrons. The molecule has 0 spiro atoms. The summed E-state index contributed by atoms with van der Waals surface area (Å²) in [7, 11) is 0. The average Bonchev–Trinajstić information content (AvgIpc) is 2.52. The Morgan fingerprint density at radius 3 is 2.61 bits per heavy atom. The second-order valence-electron chi connectivity index (χ2n) is 5.58. The normalized spacial score (nSPS) is 11.8. The number of nitriles is 1. The van der Waals surface area contributed by atoms with Crippen molar-refractivity contribution in [3.05, 3.63) is 52.7 Å². The van der Waals surface area contributed by atoms with Crippen molar-refractivity contribution in [2.24, 2.45) is 0 Å². The average molecular weight is 327 g/mol. The number of rotatable bonds is 6. The maximum Gasteiger partial charge on any atom is 0.114 e. The van der Waals surface area contributed by atoms with Gasteiger partial charge in [-0.3, -0.25) is 0 Å². The number of thioether (sulfide) groups is 1. The molecule has 1 aromatic carbocycles. The summed E-state index contributed by atoms with van der Waals surface area (Å²) in [5.41, 5.74) is 4.60. The van der Waals surface area contributed by atoms with Gasteiger partial charge in [-0.15, -0.1) is 11.8 Å². The van der Waals surface area contributed by atoms with E-state index in [0.717, 1.165) is 16.9 Å². The molecule has 2 rings (SSSR count). The highest BCUT2D eigenvalue weighted by Crippen LogP contribution is 2.24. The lowest BCUT2D eigenvalue weighted by molar-refractivity contribution is 0.213. The first-order chi connectivity index (χ1) is 11.0. The van der Waals surface area contributed by atoms with Gasteiger partial charge >= 0.3 is 0 Å². The molecule has 0 amide bonds. The third-order valence-corrected chi connectivity index (χ3v) is 4.55. The molecule has 2 aromatic rings. The molecule has 5 heteroatoms. The van der Waals surface area contributed by atoms with Crippen molar-refractivity contribution in [1.29, 1.82) is 5.26 Å². The third kappa shape index (κ3) is 4.98. The summed E-state index contributed by atoms with van der Waals surface area (Å²) in [6.45, 7) is 6.32. The Morgan fingerprint density at radius 1 is 1.26 bits per heavy atom. The lowest BCUT2D eigenvalue weighted by atomic mass is 10.1. The minimum absolute atomic E-state index is 0.461. The predicted octanol–water partition coefficient (Wildman–Crippen LogP) is 3.44. The van der Waals surface area contributed by atoms with E-state index >= 15 is 0 Å². The molecule has 2 N–H and O–H groups in total. The van der Waals surface area contributed by atoms with Crippen LogP contribution in [0, 0.1) is 32.1 Å². The fourth-order valence-corrected chi connectivity index (χ4v) is 3.21. The van der Waals surface area contributed by atoms with Gasteiger partial charge in [-0.25, -0.2) is 4.98 Å². The predicted molar refractivity (Wildman–Crippen MR) is 94.8 cm³/mol. The van der Waals surface area contributed by atoms with E-state index in [1.165, 1.54) is 17.3 Å². The topological polar surface area (TPSA) is 68.9 Å². The van der Waals surface area contributed by atoms with Crippen molar-refractivity contribution in [3.63, 3.8) is 0 Å². The molecule has 0 saturated heterocycles. The van der Waals surface area contributed by atoms with E-state index < -0.39 is 6.10 Å². The number of hydrogen-bond donors (Lipinski definition) is 2. The molecule has 1 aromatic heterocycles. The zero-order chi connectivity index (χ0) is 16.8. The van der Waals surface area contributed by atoms with Crippen molar-refractivity contribution in [3.8, 4) is 6.07 Å². The van der Waals surface area contributed by atoms with Crippen LogP contribution in [0.4, 0.5) is 5.69 Å². The summed E-state index contributed by atoms with van der Waals surface area (Å²) < 4.78 is 0. The van der Waals surface area contributed by atoms with Crippen LogP contribution in [0.25, 0.3) is 0 Å². The van der Waals surface area contributed by atoms with Crippen LogP contribution in [-0.4, -0.2) is 28.5 Å². The maximum absolute atomic E-state index is 10.1. The Hall–Kier alpha value is -2.03. The minimum atomic E-state index is -0.518. The van der Waals surface area contributed by atoms with Crippen LogP contribution in [0.2, 0.25) is 0 Å². The number of aliphatic hydroxyl groups is 1. The van der Waals surface area contributed by atoms with E-state index in [-0.39, 0.29) is 0 Å². The van der Waals surface area contributed by atoms with Crippen molar-refractivity contribution in [1.82, 2.24) is 4.98 Å². The summed E-state index contributed by atoms with van der Waals surface area (Å²) in [6.07, 6.45) is -0.518. The fraction of sp³-hybridized carbons (Fsp3) is 0.333. The summed E-state index contributed by atoms with van der Waals surface area (Å²) in [5, 5.41) is 23.3. The number of aryl methyl sites for hydroxylation is 3. The van der Waals surface area contributed by atoms with Gasteiger partial charge in [0.25, 0.3) is 0 Å². The van der Waals surface area contributed by atoms with Gasteiger partial charge in [-0.05, 0) is 44.5 Å². The van der Waals surface area contributed by atoms with Crippen LogP contribution in [-0.2, 0) is 0 Å². The Labute approximate surface area is 141 Å². The largest absolute Gasteiger partial charge is 0.390 e. The molecule has 1 unspecified atom stereocenters. The maximum atomic E-state index is 10.1. The lowest BCUT2D eigenvalue weighted by Gasteiger charge is -2.13. The Bertz CT molecular complexity index is 707. The van der Waals surface area contributed by atoms with Crippen LogP contribution in [0.3, 0.4) is 0 Å². The summed E-state index contributed by atoms with van der Waals surface area (Å²) >= 11 is 1.42. The monoisotopic (exact) mass is 327 g/mol. The lowest BCUT2D eigenvalue weighted by Crippen LogP contribution is -2.22. The second kappa shape index (κ2) is 8.00. The van der Waals surface area contributed by atoms with E-state index in [1.54, 1.807) is 0 Å². The Morgan fingerprint density at radius 2 is 1.96 bits per heavy atom. The highest BCUT2D eigenvalue weighted by atomic mass is 32.2. The van der Waals surface area contributed by atoms with Gasteiger partial charge in [0.15, 0.2) is 0 Å². The third-order valence-electron chi connectivity index (χ3n) is 3.43. The number of nitrogens with zero attached hydrogens (tertiary/aromatic N) is 2. The first-order valence-corrected chi connectivity index (χ1v) is 8.48. The SMILES string of the molecule is Cc1ccc(NCC(O)CSc2nc(C)cc(C)c2C#N)cc1. The van der Waals surface area contributed by atoms with Crippen molar-refractivity contribution in [2.75, 3.05) is 17.6 Å². The van der Waals surface area contributed by atoms with Crippen LogP contribution >= 0.6 is 11.8 Å². The van der Waals surface area contributed by atoms with Gasteiger partial charge in [0.1, 0.15) is 11.1 Å². The molecule has 4 nitrogen and oxygen atoms in total. The molecule has 0 radical (unpaired) electrons. The van der Waals surface area contributed by atoms with Gasteiger partial charge in [-0.1, -0.05) is 17.7 Å². The highest BCUT2D eigenvalue weighted by molar-refractivity contribution is 7.99. The molecule has 0 bridgehead atoms. The standard InChI is InChI=1S/C18H21N3OS/c1-12-4-6-15(7-5-12)20-10-16(22)11-23-18-17(9-19)13(2)8-14(3)21-18/h4-8,16,20,22H,10-11H2,1-3H3. The molecule has 0 aliphatic heterocycles. The number of benzene rings is 1. The number of pyridine rings is 1. The van der Waals surface area contributed by atoms with Crippen LogP contribution in [0.5, 0.6) is 0 Å². The highest BCUT2D eigenvalue weighted by Gasteiger charge is 2.12. The Balaban J connectivity index is 1.91. The van der Waals surface area contributed by atoms with Crippen molar-refractivity contribution < 1.29 is 5.11 Å². The summed E-state index contributed by atoms with van der Waals surface area (Å²) in [4.78, 5) is 4.41. The van der Waals surface area contributed by atoms with Gasteiger partial charge in [-0.2, -0.15) is 5.26 Å². The van der Waals surface area contributed by atoms with E-state index in [4.69, 9.17) is 0 Å². The molecule has 0 saturated carbocycles. The Kier molecular flexibility index (Phi) is 6.03. The quantitative estimate of drug-likeness (QED) is 0.795. The van der Waals surface area contributed by atoms with E-state index in [2.05, 4.69) is 16.4 Å². The molecule has 0 aliphatic carbocycles. The van der Waals surface area contributed by atoms with Crippen LogP contribution in [0.15, 0.2) is 35.4 Å². The zero-order valence-electron chi connectivity index (χ0n) is 13.6. The van der Waals surface area contributed by atoms with E-state index in [1.807, 2.05) is 51.1 Å². The van der Waals surface area contributed by atoms with Gasteiger partial charge in [0.2, 0.25) is 0 Å². The van der Waals surface area contributed by atoms with Gasteiger partial charge in [0.05, 0.1) is 11.7 Å². The van der Waals surface area contributed by atoms with Crippen molar-refractivity contribution >= 4 is 17.4 Å². The summed E-state index contributed by atoms with van der Waals surface area (Å²) in [6, 6.07) is 12.1. The number of anilines is 1. The first-order valence-electron chi connectivity index (χ1n) is 7.49. The molecule has 0 aliphatic rings. The molecule has 1 atom stereocenters. The molecular formula is C18H21N3OS. The van der Waals surface area contributed by atoms with Crippen molar-refractivity contribution in [2.45, 2.75) is 31.9 Å².